The fraction of sp³-hybridized carbons (Fsp3) is 0.444. The van der Waals surface area contributed by atoms with Gasteiger partial charge in [0.1, 0.15) is 12.7 Å². The summed E-state index contributed by atoms with van der Waals surface area (Å²) < 4.78 is 64.0. The molecule has 2 atom stereocenters. The van der Waals surface area contributed by atoms with Crippen molar-refractivity contribution in [1.29, 1.82) is 0 Å². The minimum atomic E-state index is -4.51. The number of alkyl halides is 4. The van der Waals surface area contributed by atoms with Crippen LogP contribution in [0.25, 0.3) is 22.4 Å². The predicted molar refractivity (Wildman–Crippen MR) is 140 cm³/mol. The van der Waals surface area contributed by atoms with Gasteiger partial charge in [0.2, 0.25) is 11.7 Å². The van der Waals surface area contributed by atoms with Crippen molar-refractivity contribution in [1.82, 2.24) is 29.5 Å². The number of likely N-dealkylation sites (tertiary alicyclic amines) is 1. The standard InChI is InChI=1S/C27H29F4N7O2/c1-36-9-8-21(19(28)14-36)33-20-3-2-4-22-18(20)11-23(38(22)15-27(29,30)31)25-34-24(40-35-25)12-32-26(39)16-7-10-37(13-16)17-5-6-17/h2-4,7,10-11,13,17,19,21,33H,5-6,8-9,12,14-15H2,1H3,(H,32,39)/t19-,21+/m0/s1. The molecule has 0 radical (unpaired) electrons. The van der Waals surface area contributed by atoms with Gasteiger partial charge < -0.3 is 29.2 Å². The monoisotopic (exact) mass is 559 g/mol. The first-order valence-electron chi connectivity index (χ1n) is 13.2. The summed E-state index contributed by atoms with van der Waals surface area (Å²) in [6.45, 7) is -0.361. The van der Waals surface area contributed by atoms with Gasteiger partial charge in [0.05, 0.1) is 29.4 Å². The molecular weight excluding hydrogens is 530 g/mol. The Kier molecular flexibility index (Phi) is 6.77. The fourth-order valence-electron chi connectivity index (χ4n) is 5.20. The minimum Gasteiger partial charge on any atom is -0.379 e. The van der Waals surface area contributed by atoms with Gasteiger partial charge in [0.25, 0.3) is 5.91 Å². The molecule has 40 heavy (non-hydrogen) atoms. The summed E-state index contributed by atoms with van der Waals surface area (Å²) in [6, 6.07) is 8.20. The molecule has 3 aromatic heterocycles. The first-order chi connectivity index (χ1) is 19.1. The molecule has 9 nitrogen and oxygen atoms in total. The maximum Gasteiger partial charge on any atom is 0.406 e. The van der Waals surface area contributed by atoms with Gasteiger partial charge in [-0.05, 0) is 50.6 Å². The molecule has 1 aliphatic carbocycles. The molecule has 6 rings (SSSR count). The van der Waals surface area contributed by atoms with Crippen LogP contribution in [0.2, 0.25) is 0 Å². The normalized spacial score (nSPS) is 20.2. The number of amides is 1. The average molecular weight is 560 g/mol. The molecule has 13 heteroatoms. The quantitative estimate of drug-likeness (QED) is 0.302. The number of hydrogen-bond donors (Lipinski definition) is 2. The van der Waals surface area contributed by atoms with Gasteiger partial charge in [0, 0.05) is 42.6 Å². The number of nitrogens with zero attached hydrogens (tertiary/aromatic N) is 5. The number of fused-ring (bicyclic) bond motifs is 1. The van der Waals surface area contributed by atoms with Crippen LogP contribution in [-0.4, -0.2) is 68.6 Å². The lowest BCUT2D eigenvalue weighted by molar-refractivity contribution is -0.139. The Hall–Kier alpha value is -3.87. The van der Waals surface area contributed by atoms with E-state index in [1.807, 2.05) is 22.7 Å². The lowest BCUT2D eigenvalue weighted by Gasteiger charge is -2.33. The van der Waals surface area contributed by atoms with E-state index >= 15 is 0 Å². The molecule has 2 aliphatic rings. The Balaban J connectivity index is 1.25. The molecule has 4 aromatic rings. The van der Waals surface area contributed by atoms with Crippen LogP contribution in [0.5, 0.6) is 0 Å². The maximum absolute atomic E-state index is 14.7. The largest absolute Gasteiger partial charge is 0.406 e. The van der Waals surface area contributed by atoms with Crippen molar-refractivity contribution in [2.24, 2.45) is 0 Å². The zero-order valence-corrected chi connectivity index (χ0v) is 21.8. The van der Waals surface area contributed by atoms with Crippen molar-refractivity contribution < 1.29 is 26.9 Å². The number of carbonyl (C=O) groups is 1. The summed E-state index contributed by atoms with van der Waals surface area (Å²) >= 11 is 0. The van der Waals surface area contributed by atoms with Crippen LogP contribution >= 0.6 is 0 Å². The van der Waals surface area contributed by atoms with E-state index in [9.17, 15) is 22.4 Å². The summed E-state index contributed by atoms with van der Waals surface area (Å²) in [5.74, 6) is -0.307. The number of halogens is 4. The highest BCUT2D eigenvalue weighted by Gasteiger charge is 2.32. The summed E-state index contributed by atoms with van der Waals surface area (Å²) in [5.41, 5.74) is 1.44. The van der Waals surface area contributed by atoms with E-state index in [2.05, 4.69) is 20.8 Å². The van der Waals surface area contributed by atoms with Crippen molar-refractivity contribution in [3.63, 3.8) is 0 Å². The molecule has 1 aliphatic heterocycles. The number of benzene rings is 1. The van der Waals surface area contributed by atoms with Gasteiger partial charge in [0.15, 0.2) is 0 Å². The van der Waals surface area contributed by atoms with Crippen molar-refractivity contribution in [2.75, 3.05) is 25.5 Å². The van der Waals surface area contributed by atoms with Gasteiger partial charge in [-0.15, -0.1) is 0 Å². The second kappa shape index (κ2) is 10.3. The van der Waals surface area contributed by atoms with Crippen LogP contribution in [0.3, 0.4) is 0 Å². The molecule has 0 spiro atoms. The lowest BCUT2D eigenvalue weighted by atomic mass is 10.0. The molecule has 0 bridgehead atoms. The summed E-state index contributed by atoms with van der Waals surface area (Å²) in [5, 5.41) is 10.3. The van der Waals surface area contributed by atoms with E-state index in [0.29, 0.717) is 41.2 Å². The summed E-state index contributed by atoms with van der Waals surface area (Å²) in [4.78, 5) is 18.7. The van der Waals surface area contributed by atoms with Crippen LogP contribution in [0.4, 0.5) is 23.2 Å². The minimum absolute atomic E-state index is 0.0433. The lowest BCUT2D eigenvalue weighted by Crippen LogP contribution is -2.46. The highest BCUT2D eigenvalue weighted by molar-refractivity contribution is 5.96. The Morgan fingerprint density at radius 2 is 2.02 bits per heavy atom. The topological polar surface area (TPSA) is 93.2 Å². The molecule has 212 valence electrons. The number of rotatable bonds is 8. The highest BCUT2D eigenvalue weighted by atomic mass is 19.4. The number of aromatic nitrogens is 4. The van der Waals surface area contributed by atoms with Crippen molar-refractivity contribution in [2.45, 2.75) is 56.8 Å². The summed E-state index contributed by atoms with van der Waals surface area (Å²) in [6.07, 6.45) is 0.766. The van der Waals surface area contributed by atoms with Gasteiger partial charge in [-0.1, -0.05) is 11.2 Å². The highest BCUT2D eigenvalue weighted by Crippen LogP contribution is 2.36. The molecule has 4 heterocycles. The van der Waals surface area contributed by atoms with E-state index in [-0.39, 0.29) is 36.4 Å². The Morgan fingerprint density at radius 1 is 1.20 bits per heavy atom. The van der Waals surface area contributed by atoms with E-state index in [4.69, 9.17) is 4.52 Å². The van der Waals surface area contributed by atoms with E-state index < -0.39 is 24.9 Å². The Bertz CT molecular complexity index is 1520. The molecule has 1 saturated carbocycles. The van der Waals surface area contributed by atoms with Crippen LogP contribution in [0, 0.1) is 0 Å². The Morgan fingerprint density at radius 3 is 2.77 bits per heavy atom. The average Bonchev–Trinajstić information content (AvgIpc) is 3.29. The van der Waals surface area contributed by atoms with Crippen LogP contribution in [0.1, 0.15) is 41.6 Å². The van der Waals surface area contributed by atoms with Gasteiger partial charge in [-0.25, -0.2) is 4.39 Å². The first-order valence-corrected chi connectivity index (χ1v) is 13.2. The second-order valence-corrected chi connectivity index (χ2v) is 10.6. The van der Waals surface area contributed by atoms with E-state index in [1.54, 1.807) is 36.5 Å². The molecule has 1 amide bonds. The number of hydrogen-bond acceptors (Lipinski definition) is 6. The molecule has 1 aromatic carbocycles. The van der Waals surface area contributed by atoms with Gasteiger partial charge in [-0.2, -0.15) is 18.2 Å². The number of anilines is 1. The zero-order valence-electron chi connectivity index (χ0n) is 21.8. The third-order valence-corrected chi connectivity index (χ3v) is 7.41. The smallest absolute Gasteiger partial charge is 0.379 e. The zero-order chi connectivity index (χ0) is 28.0. The molecule has 1 saturated heterocycles. The third-order valence-electron chi connectivity index (χ3n) is 7.41. The summed E-state index contributed by atoms with van der Waals surface area (Å²) in [7, 11) is 1.85. The number of piperidine rings is 1. The van der Waals surface area contributed by atoms with Crippen molar-refractivity contribution in [3.05, 3.63) is 54.2 Å². The van der Waals surface area contributed by atoms with Gasteiger partial charge in [-0.3, -0.25) is 4.79 Å². The van der Waals surface area contributed by atoms with Crippen LogP contribution < -0.4 is 10.6 Å². The van der Waals surface area contributed by atoms with E-state index in [1.165, 1.54) is 0 Å². The second-order valence-electron chi connectivity index (χ2n) is 10.6. The van der Waals surface area contributed by atoms with E-state index in [0.717, 1.165) is 17.4 Å². The predicted octanol–water partition coefficient (Wildman–Crippen LogP) is 4.77. The molecule has 0 unspecified atom stereocenters. The van der Waals surface area contributed by atoms with Crippen LogP contribution in [0.15, 0.2) is 47.2 Å². The number of nitrogens with one attached hydrogen (secondary N) is 2. The Labute approximate surface area is 227 Å². The molecular formula is C27H29F4N7O2. The van der Waals surface area contributed by atoms with Crippen molar-refractivity contribution >= 4 is 22.5 Å². The fourth-order valence-corrected chi connectivity index (χ4v) is 5.20. The maximum atomic E-state index is 14.7. The first kappa shape index (κ1) is 26.4. The van der Waals surface area contributed by atoms with Crippen LogP contribution in [-0.2, 0) is 13.1 Å². The van der Waals surface area contributed by atoms with Gasteiger partial charge >= 0.3 is 6.18 Å². The SMILES string of the molecule is CN1CC[C@@H](Nc2cccc3c2cc(-c2noc(CNC(=O)c4ccn(C5CC5)c4)n2)n3CC(F)(F)F)[C@@H](F)C1. The third kappa shape index (κ3) is 5.55. The molecule has 2 N–H and O–H groups in total. The number of carbonyl (C=O) groups excluding carboxylic acids is 1. The van der Waals surface area contributed by atoms with Crippen molar-refractivity contribution in [3.8, 4) is 11.5 Å². The molecule has 2 fully saturated rings.